The molecule has 0 N–H and O–H groups in total. The number of ether oxygens (including phenoxy) is 1. The zero-order valence-electron chi connectivity index (χ0n) is 11.7. The molecule has 3 atom stereocenters. The molecule has 3 unspecified atom stereocenters. The Morgan fingerprint density at radius 1 is 1.10 bits per heavy atom. The number of halogens is 1. The first-order chi connectivity index (χ1) is 9.74. The summed E-state index contributed by atoms with van der Waals surface area (Å²) in [5, 5.41) is 2.92. The number of benzene rings is 2. The van der Waals surface area contributed by atoms with E-state index in [-0.39, 0.29) is 0 Å². The van der Waals surface area contributed by atoms with Crippen LogP contribution in [0.15, 0.2) is 30.3 Å². The smallest absolute Gasteiger partial charge is 0.0745 e. The van der Waals surface area contributed by atoms with E-state index >= 15 is 0 Å². The third kappa shape index (κ3) is 1.93. The summed E-state index contributed by atoms with van der Waals surface area (Å²) in [5.74, 6) is 0. The van der Waals surface area contributed by atoms with Crippen LogP contribution in [0.1, 0.15) is 41.3 Å². The molecule has 2 aromatic carbocycles. The lowest BCUT2D eigenvalue weighted by Gasteiger charge is -2.20. The van der Waals surface area contributed by atoms with Gasteiger partial charge in [-0.05, 0) is 60.1 Å². The second-order valence-electron chi connectivity index (χ2n) is 6.12. The summed E-state index contributed by atoms with van der Waals surface area (Å²) in [4.78, 5) is 0.303. The molecule has 0 spiro atoms. The Morgan fingerprint density at radius 2 is 1.90 bits per heavy atom. The third-order valence-electron chi connectivity index (χ3n) is 4.80. The van der Waals surface area contributed by atoms with Gasteiger partial charge in [-0.1, -0.05) is 46.3 Å². The van der Waals surface area contributed by atoms with Gasteiger partial charge in [0, 0.05) is 0 Å². The van der Waals surface area contributed by atoms with Gasteiger partial charge in [0.2, 0.25) is 0 Å². The Labute approximate surface area is 128 Å². The van der Waals surface area contributed by atoms with E-state index in [0.29, 0.717) is 17.0 Å². The first kappa shape index (κ1) is 12.8. The van der Waals surface area contributed by atoms with Gasteiger partial charge in [0.1, 0.15) is 0 Å². The Morgan fingerprint density at radius 3 is 2.65 bits per heavy atom. The van der Waals surface area contributed by atoms with E-state index < -0.39 is 0 Å². The van der Waals surface area contributed by atoms with Gasteiger partial charge < -0.3 is 4.74 Å². The molecule has 1 nitrogen and oxygen atoms in total. The fraction of sp³-hybridized carbons (Fsp3) is 0.444. The molecule has 1 aliphatic heterocycles. The van der Waals surface area contributed by atoms with Gasteiger partial charge in [-0.15, -0.1) is 0 Å². The lowest BCUT2D eigenvalue weighted by atomic mass is 9.95. The zero-order chi connectivity index (χ0) is 13.7. The summed E-state index contributed by atoms with van der Waals surface area (Å²) in [7, 11) is 0. The molecule has 0 radical (unpaired) electrons. The van der Waals surface area contributed by atoms with Crippen LogP contribution in [0.3, 0.4) is 0 Å². The highest BCUT2D eigenvalue weighted by Crippen LogP contribution is 2.41. The van der Waals surface area contributed by atoms with Crippen molar-refractivity contribution < 1.29 is 4.74 Å². The molecule has 1 saturated heterocycles. The maximum absolute atomic E-state index is 6.06. The van der Waals surface area contributed by atoms with Crippen molar-refractivity contribution in [3.05, 3.63) is 47.0 Å². The number of hydrogen-bond donors (Lipinski definition) is 0. The molecule has 2 heteroatoms. The Kier molecular flexibility index (Phi) is 3.12. The minimum absolute atomic E-state index is 0.303. The topological polar surface area (TPSA) is 9.23 Å². The van der Waals surface area contributed by atoms with Crippen molar-refractivity contribution in [1.82, 2.24) is 0 Å². The van der Waals surface area contributed by atoms with Crippen molar-refractivity contribution in [1.29, 1.82) is 0 Å². The monoisotopic (exact) mass is 330 g/mol. The molecule has 1 fully saturated rings. The lowest BCUT2D eigenvalue weighted by molar-refractivity contribution is 0.0558. The average Bonchev–Trinajstić information content (AvgIpc) is 3.07. The molecule has 4 rings (SSSR count). The minimum atomic E-state index is 0.303. The molecule has 104 valence electrons. The summed E-state index contributed by atoms with van der Waals surface area (Å²) >= 11 is 3.91. The van der Waals surface area contributed by atoms with Crippen LogP contribution in [0.4, 0.5) is 0 Å². The molecule has 0 bridgehead atoms. The van der Waals surface area contributed by atoms with Gasteiger partial charge in [0.05, 0.1) is 17.0 Å². The number of rotatable bonds is 2. The molecule has 1 aliphatic carbocycles. The summed E-state index contributed by atoms with van der Waals surface area (Å²) in [6.07, 6.45) is 5.43. The molecule has 0 saturated carbocycles. The number of alkyl halides is 1. The SMILES string of the molecule is CC1CCC(C(Br)c2ccc3c4c(cccc24)CC3)O1. The fourth-order valence-corrected chi connectivity index (χ4v) is 4.55. The molecule has 1 heterocycles. The predicted octanol–water partition coefficient (Wildman–Crippen LogP) is 4.94. The van der Waals surface area contributed by atoms with Crippen LogP contribution in [0.5, 0.6) is 0 Å². The largest absolute Gasteiger partial charge is 0.374 e. The predicted molar refractivity (Wildman–Crippen MR) is 86.6 cm³/mol. The summed E-state index contributed by atoms with van der Waals surface area (Å²) in [5.41, 5.74) is 4.42. The summed E-state index contributed by atoms with van der Waals surface area (Å²) < 4.78 is 6.06. The van der Waals surface area contributed by atoms with E-state index in [1.807, 2.05) is 0 Å². The van der Waals surface area contributed by atoms with Crippen LogP contribution in [0.2, 0.25) is 0 Å². The highest BCUT2D eigenvalue weighted by atomic mass is 79.9. The highest BCUT2D eigenvalue weighted by Gasteiger charge is 2.30. The van der Waals surface area contributed by atoms with Crippen LogP contribution >= 0.6 is 15.9 Å². The van der Waals surface area contributed by atoms with Crippen molar-refractivity contribution in [3.63, 3.8) is 0 Å². The summed E-state index contributed by atoms with van der Waals surface area (Å²) in [6.45, 7) is 2.17. The summed E-state index contributed by atoms with van der Waals surface area (Å²) in [6, 6.07) is 11.4. The van der Waals surface area contributed by atoms with E-state index in [4.69, 9.17) is 4.74 Å². The Balaban J connectivity index is 1.81. The second-order valence-corrected chi connectivity index (χ2v) is 7.10. The third-order valence-corrected chi connectivity index (χ3v) is 5.88. The molecular formula is C18H19BrO. The quantitative estimate of drug-likeness (QED) is 0.708. The Bertz CT molecular complexity index is 654. The van der Waals surface area contributed by atoms with Crippen molar-refractivity contribution >= 4 is 26.7 Å². The molecule has 20 heavy (non-hydrogen) atoms. The first-order valence-corrected chi connectivity index (χ1v) is 8.48. The lowest BCUT2D eigenvalue weighted by Crippen LogP contribution is -2.14. The molecule has 0 aromatic heterocycles. The van der Waals surface area contributed by atoms with Gasteiger partial charge >= 0.3 is 0 Å². The van der Waals surface area contributed by atoms with Gasteiger partial charge in [0.15, 0.2) is 0 Å². The molecule has 2 aliphatic rings. The van der Waals surface area contributed by atoms with Gasteiger partial charge in [-0.3, -0.25) is 0 Å². The fourth-order valence-electron chi connectivity index (χ4n) is 3.76. The van der Waals surface area contributed by atoms with Crippen LogP contribution < -0.4 is 0 Å². The molecule has 0 amide bonds. The maximum Gasteiger partial charge on any atom is 0.0745 e. The van der Waals surface area contributed by atoms with Gasteiger partial charge in [-0.2, -0.15) is 0 Å². The van der Waals surface area contributed by atoms with Crippen molar-refractivity contribution in [2.75, 3.05) is 0 Å². The van der Waals surface area contributed by atoms with Crippen LogP contribution in [0, 0.1) is 0 Å². The van der Waals surface area contributed by atoms with Crippen LogP contribution in [-0.4, -0.2) is 12.2 Å². The zero-order valence-corrected chi connectivity index (χ0v) is 13.3. The van der Waals surface area contributed by atoms with E-state index in [2.05, 4.69) is 53.2 Å². The highest BCUT2D eigenvalue weighted by molar-refractivity contribution is 9.09. The standard InChI is InChI=1S/C18H19BrO/c1-11-5-10-16(20-11)18(19)15-9-8-13-7-6-12-3-2-4-14(15)17(12)13/h2-4,8-9,11,16,18H,5-7,10H2,1H3. The number of hydrogen-bond acceptors (Lipinski definition) is 1. The normalized spacial score (nSPS) is 26.3. The van der Waals surface area contributed by atoms with Crippen LogP contribution in [0.25, 0.3) is 10.8 Å². The van der Waals surface area contributed by atoms with E-state index in [1.54, 1.807) is 0 Å². The van der Waals surface area contributed by atoms with E-state index in [0.717, 1.165) is 6.42 Å². The second kappa shape index (κ2) is 4.85. The van der Waals surface area contributed by atoms with E-state index in [9.17, 15) is 0 Å². The first-order valence-electron chi connectivity index (χ1n) is 7.57. The van der Waals surface area contributed by atoms with Gasteiger partial charge in [0.25, 0.3) is 0 Å². The van der Waals surface area contributed by atoms with Crippen molar-refractivity contribution in [2.24, 2.45) is 0 Å². The van der Waals surface area contributed by atoms with Crippen molar-refractivity contribution in [2.45, 2.75) is 49.6 Å². The average molecular weight is 331 g/mol. The van der Waals surface area contributed by atoms with Crippen LogP contribution in [-0.2, 0) is 17.6 Å². The Hall–Kier alpha value is -0.860. The minimum Gasteiger partial charge on any atom is -0.374 e. The van der Waals surface area contributed by atoms with E-state index in [1.165, 1.54) is 46.7 Å². The van der Waals surface area contributed by atoms with Gasteiger partial charge in [-0.25, -0.2) is 0 Å². The molecule has 2 aromatic rings. The number of aryl methyl sites for hydroxylation is 2. The molecular weight excluding hydrogens is 312 g/mol. The maximum atomic E-state index is 6.06. The van der Waals surface area contributed by atoms with Crippen molar-refractivity contribution in [3.8, 4) is 0 Å².